The monoisotopic (exact) mass is 277 g/mol. The molecule has 1 aromatic carbocycles. The molecular weight excluding hydrogens is 254 g/mol. The Morgan fingerprint density at radius 3 is 2.53 bits per heavy atom. The molecular formula is C16H23NOS. The fraction of sp³-hybridized carbons (Fsp3) is 0.562. The number of piperidine rings is 1. The second-order valence-corrected chi connectivity index (χ2v) is 6.89. The molecule has 0 N–H and O–H groups in total. The predicted octanol–water partition coefficient (Wildman–Crippen LogP) is 3.92. The van der Waals surface area contributed by atoms with E-state index in [-0.39, 0.29) is 5.91 Å². The number of amides is 1. The maximum atomic E-state index is 12.7. The lowest BCUT2D eigenvalue weighted by molar-refractivity contribution is 0.0619. The maximum absolute atomic E-state index is 12.7. The summed E-state index contributed by atoms with van der Waals surface area (Å²) in [6, 6.07) is 7.99. The molecule has 0 aliphatic carbocycles. The zero-order valence-corrected chi connectivity index (χ0v) is 12.9. The van der Waals surface area contributed by atoms with Crippen LogP contribution in [0.15, 0.2) is 29.2 Å². The summed E-state index contributed by atoms with van der Waals surface area (Å²) in [7, 11) is 0. The van der Waals surface area contributed by atoms with Gasteiger partial charge in [-0.1, -0.05) is 32.9 Å². The topological polar surface area (TPSA) is 20.3 Å². The Bertz CT molecular complexity index is 436. The molecule has 104 valence electrons. The van der Waals surface area contributed by atoms with Crippen LogP contribution < -0.4 is 0 Å². The van der Waals surface area contributed by atoms with Crippen LogP contribution in [-0.2, 0) is 0 Å². The molecule has 0 aromatic heterocycles. The van der Waals surface area contributed by atoms with Crippen LogP contribution in [0.4, 0.5) is 0 Å². The lowest BCUT2D eigenvalue weighted by Crippen LogP contribution is -2.42. The molecule has 2 atom stereocenters. The van der Waals surface area contributed by atoms with Crippen molar-refractivity contribution in [1.29, 1.82) is 0 Å². The van der Waals surface area contributed by atoms with Gasteiger partial charge < -0.3 is 4.90 Å². The Balaban J connectivity index is 2.19. The van der Waals surface area contributed by atoms with Crippen LogP contribution in [0.5, 0.6) is 0 Å². The highest BCUT2D eigenvalue weighted by Crippen LogP contribution is 2.27. The first-order valence-electron chi connectivity index (χ1n) is 7.13. The van der Waals surface area contributed by atoms with Crippen molar-refractivity contribution in [2.45, 2.75) is 32.1 Å². The third kappa shape index (κ3) is 3.53. The number of carbonyl (C=O) groups excluding carboxylic acids is 1. The third-order valence-electron chi connectivity index (χ3n) is 3.57. The van der Waals surface area contributed by atoms with Gasteiger partial charge in [0.05, 0.1) is 5.56 Å². The van der Waals surface area contributed by atoms with E-state index in [1.807, 2.05) is 23.1 Å². The minimum atomic E-state index is 0.204. The van der Waals surface area contributed by atoms with E-state index in [1.165, 1.54) is 6.42 Å². The second kappa shape index (κ2) is 6.47. The average molecular weight is 277 g/mol. The Hall–Kier alpha value is -0.960. The van der Waals surface area contributed by atoms with Crippen molar-refractivity contribution in [3.05, 3.63) is 29.8 Å². The van der Waals surface area contributed by atoms with Gasteiger partial charge in [0.15, 0.2) is 0 Å². The largest absolute Gasteiger partial charge is 0.338 e. The van der Waals surface area contributed by atoms with Gasteiger partial charge in [-0.25, -0.2) is 0 Å². The normalized spacial score (nSPS) is 23.4. The Morgan fingerprint density at radius 1 is 1.26 bits per heavy atom. The van der Waals surface area contributed by atoms with E-state index in [2.05, 4.69) is 26.8 Å². The minimum absolute atomic E-state index is 0.204. The van der Waals surface area contributed by atoms with Crippen molar-refractivity contribution in [1.82, 2.24) is 4.90 Å². The molecule has 0 radical (unpaired) electrons. The number of carbonyl (C=O) groups is 1. The molecule has 1 fully saturated rings. The number of thioether (sulfide) groups is 1. The fourth-order valence-corrected chi connectivity index (χ4v) is 3.72. The van der Waals surface area contributed by atoms with Crippen molar-refractivity contribution >= 4 is 17.7 Å². The molecule has 1 aliphatic rings. The van der Waals surface area contributed by atoms with Crippen LogP contribution >= 0.6 is 11.8 Å². The van der Waals surface area contributed by atoms with Crippen LogP contribution in [-0.4, -0.2) is 29.6 Å². The summed E-state index contributed by atoms with van der Waals surface area (Å²) in [4.78, 5) is 15.8. The van der Waals surface area contributed by atoms with Gasteiger partial charge >= 0.3 is 0 Å². The molecule has 1 heterocycles. The molecule has 2 nitrogen and oxygen atoms in total. The average Bonchev–Trinajstić information content (AvgIpc) is 2.38. The Morgan fingerprint density at radius 2 is 1.89 bits per heavy atom. The van der Waals surface area contributed by atoms with Gasteiger partial charge in [-0.2, -0.15) is 0 Å². The second-order valence-electron chi connectivity index (χ2n) is 5.59. The van der Waals surface area contributed by atoms with Gasteiger partial charge in [0.25, 0.3) is 5.91 Å². The van der Waals surface area contributed by atoms with Crippen LogP contribution in [0, 0.1) is 11.8 Å². The van der Waals surface area contributed by atoms with Crippen molar-refractivity contribution in [2.75, 3.05) is 18.8 Å². The molecule has 0 spiro atoms. The van der Waals surface area contributed by atoms with Crippen molar-refractivity contribution < 1.29 is 4.79 Å². The molecule has 1 aliphatic heterocycles. The highest BCUT2D eigenvalue weighted by molar-refractivity contribution is 7.99. The summed E-state index contributed by atoms with van der Waals surface area (Å²) in [5, 5.41) is 0. The van der Waals surface area contributed by atoms with Gasteiger partial charge in [0.2, 0.25) is 0 Å². The number of benzene rings is 1. The number of nitrogens with zero attached hydrogens (tertiary/aromatic N) is 1. The van der Waals surface area contributed by atoms with Crippen molar-refractivity contribution in [3.8, 4) is 0 Å². The van der Waals surface area contributed by atoms with Gasteiger partial charge in [-0.15, -0.1) is 11.8 Å². The summed E-state index contributed by atoms with van der Waals surface area (Å²) >= 11 is 1.75. The lowest BCUT2D eigenvalue weighted by Gasteiger charge is -2.35. The van der Waals surface area contributed by atoms with Crippen LogP contribution in [0.2, 0.25) is 0 Å². The fourth-order valence-electron chi connectivity index (χ4n) is 2.92. The van der Waals surface area contributed by atoms with E-state index in [0.29, 0.717) is 11.8 Å². The standard InChI is InChI=1S/C16H23NOS/c1-4-19-15-8-6-5-7-14(15)16(18)17-10-12(2)9-13(3)11-17/h5-8,12-13H,4,9-11H2,1-3H3/t12-,13+. The van der Waals surface area contributed by atoms with E-state index in [4.69, 9.17) is 0 Å². The molecule has 1 saturated heterocycles. The van der Waals surface area contributed by atoms with E-state index in [1.54, 1.807) is 11.8 Å². The Labute approximate surface area is 120 Å². The van der Waals surface area contributed by atoms with Crippen LogP contribution in [0.25, 0.3) is 0 Å². The number of likely N-dealkylation sites (tertiary alicyclic amines) is 1. The molecule has 1 amide bonds. The zero-order valence-electron chi connectivity index (χ0n) is 12.1. The van der Waals surface area contributed by atoms with Gasteiger partial charge in [0, 0.05) is 18.0 Å². The molecule has 2 rings (SSSR count). The first kappa shape index (κ1) is 14.4. The first-order valence-corrected chi connectivity index (χ1v) is 8.11. The van der Waals surface area contributed by atoms with E-state index in [9.17, 15) is 4.79 Å². The van der Waals surface area contributed by atoms with Crippen LogP contribution in [0.3, 0.4) is 0 Å². The quantitative estimate of drug-likeness (QED) is 0.781. The zero-order chi connectivity index (χ0) is 13.8. The first-order chi connectivity index (χ1) is 9.11. The molecule has 1 aromatic rings. The third-order valence-corrected chi connectivity index (χ3v) is 4.53. The summed E-state index contributed by atoms with van der Waals surface area (Å²) in [6.45, 7) is 8.39. The molecule has 19 heavy (non-hydrogen) atoms. The summed E-state index contributed by atoms with van der Waals surface area (Å²) in [6.07, 6.45) is 1.23. The number of hydrogen-bond acceptors (Lipinski definition) is 2. The molecule has 0 bridgehead atoms. The smallest absolute Gasteiger partial charge is 0.255 e. The van der Waals surface area contributed by atoms with E-state index < -0.39 is 0 Å². The van der Waals surface area contributed by atoms with Gasteiger partial charge in [-0.3, -0.25) is 4.79 Å². The van der Waals surface area contributed by atoms with E-state index >= 15 is 0 Å². The highest BCUT2D eigenvalue weighted by atomic mass is 32.2. The van der Waals surface area contributed by atoms with Crippen molar-refractivity contribution in [3.63, 3.8) is 0 Å². The number of rotatable bonds is 3. The summed E-state index contributed by atoms with van der Waals surface area (Å²) in [5.74, 6) is 2.42. The molecule has 3 heteroatoms. The van der Waals surface area contributed by atoms with Crippen molar-refractivity contribution in [2.24, 2.45) is 11.8 Å². The summed E-state index contributed by atoms with van der Waals surface area (Å²) < 4.78 is 0. The maximum Gasteiger partial charge on any atom is 0.255 e. The van der Waals surface area contributed by atoms with Gasteiger partial charge in [-0.05, 0) is 36.1 Å². The van der Waals surface area contributed by atoms with Gasteiger partial charge in [0.1, 0.15) is 0 Å². The molecule has 0 unspecified atom stereocenters. The predicted molar refractivity (Wildman–Crippen MR) is 81.7 cm³/mol. The SMILES string of the molecule is CCSc1ccccc1C(=O)N1C[C@H](C)C[C@H](C)C1. The highest BCUT2D eigenvalue weighted by Gasteiger charge is 2.27. The summed E-state index contributed by atoms with van der Waals surface area (Å²) in [5.41, 5.74) is 0.871. The molecule has 0 saturated carbocycles. The lowest BCUT2D eigenvalue weighted by atomic mass is 9.91. The van der Waals surface area contributed by atoms with Crippen LogP contribution in [0.1, 0.15) is 37.6 Å². The Kier molecular flexibility index (Phi) is 4.92. The minimum Gasteiger partial charge on any atom is -0.338 e. The van der Waals surface area contributed by atoms with E-state index in [0.717, 1.165) is 29.3 Å². The number of hydrogen-bond donors (Lipinski definition) is 0.